The van der Waals surface area contributed by atoms with E-state index < -0.39 is 0 Å². The Morgan fingerprint density at radius 2 is 1.76 bits per heavy atom. The van der Waals surface area contributed by atoms with Gasteiger partial charge in [0.15, 0.2) is 0 Å². The van der Waals surface area contributed by atoms with Gasteiger partial charge in [-0.25, -0.2) is 4.99 Å². The molecule has 4 aromatic rings. The molecule has 1 heterocycles. The second-order valence-electron chi connectivity index (χ2n) is 6.76. The standard InChI is InChI=1S/C23H13BrClNO3/c1-29-18-10-17(22(27)15-5-3-2-4-14(15)18)21-23(28)16-9-11-8-12(24)6-7-13(11)19(25)20(16)26-21/h2-10,27H,1H3. The summed E-state index contributed by atoms with van der Waals surface area (Å²) >= 11 is 10.0. The van der Waals surface area contributed by atoms with Crippen molar-refractivity contribution >= 4 is 66.3 Å². The predicted molar refractivity (Wildman–Crippen MR) is 119 cm³/mol. The van der Waals surface area contributed by atoms with Gasteiger partial charge in [0.05, 0.1) is 28.9 Å². The molecule has 4 aromatic carbocycles. The van der Waals surface area contributed by atoms with Gasteiger partial charge in [0.1, 0.15) is 17.2 Å². The summed E-state index contributed by atoms with van der Waals surface area (Å²) in [5.74, 6) is 0.265. The molecule has 0 bridgehead atoms. The van der Waals surface area contributed by atoms with Gasteiger partial charge >= 0.3 is 0 Å². The molecular weight excluding hydrogens is 454 g/mol. The topological polar surface area (TPSA) is 58.9 Å². The number of halogens is 2. The van der Waals surface area contributed by atoms with Crippen LogP contribution >= 0.6 is 27.5 Å². The molecule has 29 heavy (non-hydrogen) atoms. The average Bonchev–Trinajstić information content (AvgIpc) is 3.05. The van der Waals surface area contributed by atoms with Crippen LogP contribution in [0.25, 0.3) is 21.5 Å². The van der Waals surface area contributed by atoms with Crippen LogP contribution < -0.4 is 4.74 Å². The van der Waals surface area contributed by atoms with E-state index in [0.29, 0.717) is 33.0 Å². The molecule has 0 spiro atoms. The number of nitrogens with zero attached hydrogens (tertiary/aromatic N) is 1. The van der Waals surface area contributed by atoms with Crippen molar-refractivity contribution in [1.29, 1.82) is 0 Å². The maximum absolute atomic E-state index is 13.2. The van der Waals surface area contributed by atoms with E-state index in [1.807, 2.05) is 36.4 Å². The Kier molecular flexibility index (Phi) is 4.12. The Labute approximate surface area is 179 Å². The highest BCUT2D eigenvalue weighted by molar-refractivity contribution is 9.10. The number of hydrogen-bond acceptors (Lipinski definition) is 4. The number of rotatable bonds is 2. The molecule has 142 valence electrons. The van der Waals surface area contributed by atoms with Crippen molar-refractivity contribution in [3.63, 3.8) is 0 Å². The summed E-state index contributed by atoms with van der Waals surface area (Å²) in [6.07, 6.45) is 0. The minimum Gasteiger partial charge on any atom is -0.507 e. The van der Waals surface area contributed by atoms with Crippen LogP contribution in [0.5, 0.6) is 11.5 Å². The zero-order chi connectivity index (χ0) is 20.3. The lowest BCUT2D eigenvalue weighted by molar-refractivity contribution is 0.107. The lowest BCUT2D eigenvalue weighted by Crippen LogP contribution is -2.11. The number of fused-ring (bicyclic) bond motifs is 3. The van der Waals surface area contributed by atoms with Crippen LogP contribution in [0, 0.1) is 0 Å². The molecule has 0 unspecified atom stereocenters. The van der Waals surface area contributed by atoms with Gasteiger partial charge in [0.2, 0.25) is 5.78 Å². The van der Waals surface area contributed by atoms with E-state index in [4.69, 9.17) is 16.3 Å². The second-order valence-corrected chi connectivity index (χ2v) is 8.06. The molecule has 0 saturated carbocycles. The number of phenols is 1. The number of carbonyl (C=O) groups is 1. The number of phenolic OH excluding ortho intramolecular Hbond substituents is 1. The third-order valence-electron chi connectivity index (χ3n) is 5.15. The fraction of sp³-hybridized carbons (Fsp3) is 0.0435. The molecule has 1 N–H and O–H groups in total. The van der Waals surface area contributed by atoms with Gasteiger partial charge in [-0.2, -0.15) is 0 Å². The third kappa shape index (κ3) is 2.65. The van der Waals surface area contributed by atoms with Crippen molar-refractivity contribution in [1.82, 2.24) is 0 Å². The molecule has 0 atom stereocenters. The van der Waals surface area contributed by atoms with Gasteiger partial charge in [0.25, 0.3) is 0 Å². The highest BCUT2D eigenvalue weighted by Crippen LogP contribution is 2.44. The molecule has 1 aliphatic rings. The van der Waals surface area contributed by atoms with Gasteiger partial charge in [0, 0.05) is 20.6 Å². The van der Waals surface area contributed by atoms with Crippen molar-refractivity contribution in [2.45, 2.75) is 0 Å². The molecule has 6 heteroatoms. The van der Waals surface area contributed by atoms with Crippen molar-refractivity contribution in [3.8, 4) is 11.5 Å². The normalized spacial score (nSPS) is 13.1. The first-order valence-electron chi connectivity index (χ1n) is 8.84. The summed E-state index contributed by atoms with van der Waals surface area (Å²) in [5, 5.41) is 14.3. The Morgan fingerprint density at radius 3 is 2.52 bits per heavy atom. The molecule has 1 aliphatic heterocycles. The summed E-state index contributed by atoms with van der Waals surface area (Å²) in [5.41, 5.74) is 1.32. The smallest absolute Gasteiger partial charge is 0.214 e. The zero-order valence-electron chi connectivity index (χ0n) is 15.2. The quantitative estimate of drug-likeness (QED) is 0.370. The van der Waals surface area contributed by atoms with Crippen molar-refractivity contribution < 1.29 is 14.6 Å². The second kappa shape index (κ2) is 6.58. The third-order valence-corrected chi connectivity index (χ3v) is 6.03. The van der Waals surface area contributed by atoms with E-state index in [2.05, 4.69) is 20.9 Å². The molecular formula is C23H13BrClNO3. The van der Waals surface area contributed by atoms with E-state index in [-0.39, 0.29) is 17.2 Å². The SMILES string of the molecule is COc1cc(C2=Nc3c(cc4cc(Br)ccc4c3Cl)C2=O)c(O)c2ccccc12. The number of aromatic hydroxyl groups is 1. The van der Waals surface area contributed by atoms with Gasteiger partial charge < -0.3 is 9.84 Å². The number of ketones is 1. The lowest BCUT2D eigenvalue weighted by atomic mass is 9.96. The van der Waals surface area contributed by atoms with Gasteiger partial charge in [-0.3, -0.25) is 4.79 Å². The van der Waals surface area contributed by atoms with Crippen LogP contribution in [0.2, 0.25) is 5.02 Å². The van der Waals surface area contributed by atoms with Crippen LogP contribution in [0.3, 0.4) is 0 Å². The molecule has 0 aromatic heterocycles. The van der Waals surface area contributed by atoms with Crippen molar-refractivity contribution in [3.05, 3.63) is 75.2 Å². The molecule has 0 amide bonds. The first kappa shape index (κ1) is 18.2. The fourth-order valence-corrected chi connectivity index (χ4v) is 4.45. The maximum Gasteiger partial charge on any atom is 0.214 e. The Bertz CT molecular complexity index is 1390. The van der Waals surface area contributed by atoms with Crippen LogP contribution in [0.1, 0.15) is 15.9 Å². The van der Waals surface area contributed by atoms with Gasteiger partial charge in [-0.15, -0.1) is 0 Å². The largest absolute Gasteiger partial charge is 0.507 e. The van der Waals surface area contributed by atoms with E-state index in [1.54, 1.807) is 25.3 Å². The van der Waals surface area contributed by atoms with Crippen LogP contribution in [0.4, 0.5) is 5.69 Å². The molecule has 0 fully saturated rings. The number of Topliss-reactive ketones (excluding diaryl/α,β-unsaturated/α-hetero) is 1. The summed E-state index contributed by atoms with van der Waals surface area (Å²) in [6, 6.07) is 16.4. The molecule has 5 rings (SSSR count). The number of carbonyl (C=O) groups excluding carboxylic acids is 1. The molecule has 0 radical (unpaired) electrons. The van der Waals surface area contributed by atoms with Crippen LogP contribution in [0.15, 0.2) is 64.1 Å². The molecule has 0 aliphatic carbocycles. The predicted octanol–water partition coefficient (Wildman–Crippen LogP) is 6.44. The maximum atomic E-state index is 13.2. The number of aliphatic imine (C=N–C) groups is 1. The van der Waals surface area contributed by atoms with Crippen LogP contribution in [-0.2, 0) is 0 Å². The number of ether oxygens (including phenoxy) is 1. The zero-order valence-corrected chi connectivity index (χ0v) is 17.5. The highest BCUT2D eigenvalue weighted by Gasteiger charge is 2.31. The van der Waals surface area contributed by atoms with Crippen molar-refractivity contribution in [2.24, 2.45) is 4.99 Å². The minimum absolute atomic E-state index is 0.00951. The number of methoxy groups -OCH3 is 1. The van der Waals surface area contributed by atoms with E-state index >= 15 is 0 Å². The summed E-state index contributed by atoms with van der Waals surface area (Å²) in [6.45, 7) is 0. The monoisotopic (exact) mass is 465 g/mol. The Hall–Kier alpha value is -2.89. The first-order valence-corrected chi connectivity index (χ1v) is 10.0. The lowest BCUT2D eigenvalue weighted by Gasteiger charge is -2.11. The fourth-order valence-electron chi connectivity index (χ4n) is 3.75. The van der Waals surface area contributed by atoms with E-state index in [1.165, 1.54) is 0 Å². The Morgan fingerprint density at radius 1 is 1.00 bits per heavy atom. The molecule has 0 saturated heterocycles. The van der Waals surface area contributed by atoms with Gasteiger partial charge in [-0.1, -0.05) is 57.9 Å². The molecule has 4 nitrogen and oxygen atoms in total. The van der Waals surface area contributed by atoms with Gasteiger partial charge in [-0.05, 0) is 29.7 Å². The minimum atomic E-state index is -0.281. The van der Waals surface area contributed by atoms with Crippen molar-refractivity contribution in [2.75, 3.05) is 7.11 Å². The summed E-state index contributed by atoms with van der Waals surface area (Å²) in [7, 11) is 1.55. The highest BCUT2D eigenvalue weighted by atomic mass is 79.9. The van der Waals surface area contributed by atoms with Crippen LogP contribution in [-0.4, -0.2) is 23.7 Å². The summed E-state index contributed by atoms with van der Waals surface area (Å²) < 4.78 is 6.38. The summed E-state index contributed by atoms with van der Waals surface area (Å²) in [4.78, 5) is 17.7. The van der Waals surface area contributed by atoms with E-state index in [9.17, 15) is 9.90 Å². The number of hydrogen-bond donors (Lipinski definition) is 1. The Balaban J connectivity index is 1.76. The number of benzene rings is 4. The first-order chi connectivity index (χ1) is 14.0. The average molecular weight is 467 g/mol. The van der Waals surface area contributed by atoms with E-state index in [0.717, 1.165) is 20.6 Å².